The summed E-state index contributed by atoms with van der Waals surface area (Å²) in [5, 5.41) is 16.9. The van der Waals surface area contributed by atoms with Crippen molar-refractivity contribution in [3.63, 3.8) is 0 Å². The number of aromatic nitrogens is 1. The average molecular weight is 587 g/mol. The van der Waals surface area contributed by atoms with Gasteiger partial charge in [-0.05, 0) is 75.9 Å². The van der Waals surface area contributed by atoms with E-state index in [9.17, 15) is 31.5 Å². The molecule has 2 aromatic rings. The van der Waals surface area contributed by atoms with Crippen LogP contribution in [-0.4, -0.2) is 78.9 Å². The fraction of sp³-hybridized carbons (Fsp3) is 0.500. The monoisotopic (exact) mass is 586 g/mol. The first-order valence-electron chi connectivity index (χ1n) is 12.8. The van der Waals surface area contributed by atoms with Crippen molar-refractivity contribution in [3.8, 4) is 0 Å². The van der Waals surface area contributed by atoms with Crippen molar-refractivity contribution < 1.29 is 41.4 Å². The number of halogens is 3. The number of carboxylic acid groups (broad SMARTS) is 2. The molecule has 220 valence electrons. The van der Waals surface area contributed by atoms with Gasteiger partial charge in [0, 0.05) is 19.1 Å². The van der Waals surface area contributed by atoms with Gasteiger partial charge in [-0.1, -0.05) is 18.6 Å². The Bertz CT molecular complexity index is 1320. The second kappa shape index (κ2) is 12.9. The number of nitrogens with zero attached hydrogens (tertiary/aromatic N) is 3. The van der Waals surface area contributed by atoms with Gasteiger partial charge in [-0.15, -0.1) is 0 Å². The molecule has 10 nitrogen and oxygen atoms in total. The van der Waals surface area contributed by atoms with E-state index in [0.29, 0.717) is 17.4 Å². The summed E-state index contributed by atoms with van der Waals surface area (Å²) in [6.45, 7) is 7.33. The molecule has 0 bridgehead atoms. The van der Waals surface area contributed by atoms with Crippen molar-refractivity contribution in [1.82, 2.24) is 9.88 Å². The number of aliphatic carboxylic acids is 1. The quantitative estimate of drug-likeness (QED) is 0.452. The first kappa shape index (κ1) is 31.1. The summed E-state index contributed by atoms with van der Waals surface area (Å²) in [6, 6.07) is 7.11. The third kappa shape index (κ3) is 8.07. The fourth-order valence-corrected chi connectivity index (χ4v) is 6.22. The van der Waals surface area contributed by atoms with Gasteiger partial charge in [0.1, 0.15) is 11.4 Å². The molecule has 0 aliphatic carbocycles. The van der Waals surface area contributed by atoms with Crippen molar-refractivity contribution in [1.29, 1.82) is 0 Å². The zero-order valence-electron chi connectivity index (χ0n) is 22.2. The topological polar surface area (TPSA) is 140 Å². The van der Waals surface area contributed by atoms with E-state index in [4.69, 9.17) is 9.90 Å². The van der Waals surface area contributed by atoms with Gasteiger partial charge in [0.05, 0.1) is 16.8 Å². The molecule has 1 aromatic carbocycles. The molecule has 1 aromatic heterocycles. The van der Waals surface area contributed by atoms with Gasteiger partial charge in [0.25, 0.3) is 10.0 Å². The lowest BCUT2D eigenvalue weighted by atomic mass is 9.99. The standard InChI is InChI=1S/C24H32N4O4S.C2HF3O2/c1-17-6-7-18(2)22(14-17)33(31,32)26-19-15-21(24(29)30)23(25-16-19)28-12-8-20(9-13-28)27-10-4-3-5-11-27;3-2(4,5)1(6)7/h6-7,14-16,20,26H,3-5,8-13H2,1-2H3,(H,29,30);(H,6,7). The zero-order chi connectivity index (χ0) is 29.7. The van der Waals surface area contributed by atoms with E-state index < -0.39 is 28.1 Å². The number of carbonyl (C=O) groups is 2. The predicted molar refractivity (Wildman–Crippen MR) is 142 cm³/mol. The molecule has 3 N–H and O–H groups in total. The summed E-state index contributed by atoms with van der Waals surface area (Å²) in [6.07, 6.45) is 2.08. The van der Waals surface area contributed by atoms with Crippen LogP contribution in [0.5, 0.6) is 0 Å². The molecule has 0 atom stereocenters. The maximum absolute atomic E-state index is 12.9. The third-order valence-corrected chi connectivity index (χ3v) is 8.42. The van der Waals surface area contributed by atoms with E-state index in [1.165, 1.54) is 31.5 Å². The lowest BCUT2D eigenvalue weighted by Crippen LogP contribution is -2.47. The van der Waals surface area contributed by atoms with Crippen molar-refractivity contribution in [2.24, 2.45) is 0 Å². The fourth-order valence-electron chi connectivity index (χ4n) is 4.86. The Morgan fingerprint density at radius 1 is 1.00 bits per heavy atom. The van der Waals surface area contributed by atoms with Gasteiger partial charge >= 0.3 is 18.1 Å². The Labute approximate surface area is 230 Å². The van der Waals surface area contributed by atoms with Crippen LogP contribution in [0.4, 0.5) is 24.7 Å². The molecule has 0 saturated carbocycles. The second-order valence-electron chi connectivity index (χ2n) is 9.89. The number of hydrogen-bond donors (Lipinski definition) is 3. The number of carboxylic acids is 2. The smallest absolute Gasteiger partial charge is 0.478 e. The molecular weight excluding hydrogens is 553 g/mol. The molecule has 4 rings (SSSR count). The Kier molecular flexibility index (Phi) is 10.0. The van der Waals surface area contributed by atoms with E-state index in [-0.39, 0.29) is 16.1 Å². The van der Waals surface area contributed by atoms with Crippen LogP contribution < -0.4 is 9.62 Å². The number of rotatable bonds is 6. The van der Waals surface area contributed by atoms with E-state index in [1.807, 2.05) is 17.9 Å². The number of hydrogen-bond acceptors (Lipinski definition) is 7. The van der Waals surface area contributed by atoms with Crippen LogP contribution in [0.15, 0.2) is 35.4 Å². The first-order chi connectivity index (χ1) is 18.7. The van der Waals surface area contributed by atoms with E-state index in [0.717, 1.165) is 44.6 Å². The van der Waals surface area contributed by atoms with Crippen LogP contribution >= 0.6 is 0 Å². The van der Waals surface area contributed by atoms with E-state index in [2.05, 4.69) is 14.6 Å². The Hall–Kier alpha value is -3.39. The number of sulfonamides is 1. The molecule has 0 unspecified atom stereocenters. The molecule has 2 saturated heterocycles. The predicted octanol–water partition coefficient (Wildman–Crippen LogP) is 4.29. The highest BCUT2D eigenvalue weighted by atomic mass is 32.2. The largest absolute Gasteiger partial charge is 0.490 e. The average Bonchev–Trinajstić information content (AvgIpc) is 2.90. The molecule has 0 amide bonds. The number of aromatic carboxylic acids is 1. The maximum atomic E-state index is 12.9. The van der Waals surface area contributed by atoms with Crippen molar-refractivity contribution in [2.45, 2.75) is 63.1 Å². The summed E-state index contributed by atoms with van der Waals surface area (Å²) in [7, 11) is -3.87. The molecule has 2 aliphatic heterocycles. The number of pyridine rings is 1. The molecule has 3 heterocycles. The number of likely N-dealkylation sites (tertiary alicyclic amines) is 1. The number of nitrogens with one attached hydrogen (secondary N) is 1. The van der Waals surface area contributed by atoms with Crippen LogP contribution in [0, 0.1) is 13.8 Å². The van der Waals surface area contributed by atoms with Crippen LogP contribution in [0.25, 0.3) is 0 Å². The third-order valence-electron chi connectivity index (χ3n) is 6.90. The number of piperidine rings is 2. The van der Waals surface area contributed by atoms with Gasteiger partial charge in [-0.2, -0.15) is 13.2 Å². The minimum atomic E-state index is -5.08. The van der Waals surface area contributed by atoms with Gasteiger partial charge in [0.2, 0.25) is 0 Å². The number of aryl methyl sites for hydroxylation is 2. The minimum absolute atomic E-state index is 0.00702. The van der Waals surface area contributed by atoms with Gasteiger partial charge < -0.3 is 20.0 Å². The summed E-state index contributed by atoms with van der Waals surface area (Å²) in [5.74, 6) is -3.48. The maximum Gasteiger partial charge on any atom is 0.490 e. The van der Waals surface area contributed by atoms with Crippen LogP contribution in [0.3, 0.4) is 0 Å². The summed E-state index contributed by atoms with van der Waals surface area (Å²) < 4.78 is 60.1. The highest BCUT2D eigenvalue weighted by Crippen LogP contribution is 2.28. The van der Waals surface area contributed by atoms with E-state index >= 15 is 0 Å². The summed E-state index contributed by atoms with van der Waals surface area (Å²) >= 11 is 0. The summed E-state index contributed by atoms with van der Waals surface area (Å²) in [5.41, 5.74) is 1.59. The van der Waals surface area contributed by atoms with Crippen LogP contribution in [0.1, 0.15) is 53.6 Å². The van der Waals surface area contributed by atoms with Gasteiger partial charge in [-0.3, -0.25) is 4.72 Å². The highest BCUT2D eigenvalue weighted by molar-refractivity contribution is 7.92. The summed E-state index contributed by atoms with van der Waals surface area (Å²) in [4.78, 5) is 30.0. The second-order valence-corrected chi connectivity index (χ2v) is 11.5. The lowest BCUT2D eigenvalue weighted by molar-refractivity contribution is -0.192. The first-order valence-corrected chi connectivity index (χ1v) is 14.3. The Balaban J connectivity index is 0.000000559. The van der Waals surface area contributed by atoms with Crippen molar-refractivity contribution >= 4 is 33.5 Å². The lowest BCUT2D eigenvalue weighted by Gasteiger charge is -2.40. The van der Waals surface area contributed by atoms with Crippen molar-refractivity contribution in [2.75, 3.05) is 35.8 Å². The number of anilines is 2. The molecule has 0 spiro atoms. The minimum Gasteiger partial charge on any atom is -0.478 e. The molecule has 2 aliphatic rings. The Morgan fingerprint density at radius 3 is 2.15 bits per heavy atom. The number of alkyl halides is 3. The Morgan fingerprint density at radius 2 is 1.60 bits per heavy atom. The zero-order valence-corrected chi connectivity index (χ0v) is 23.1. The van der Waals surface area contributed by atoms with Crippen LogP contribution in [-0.2, 0) is 14.8 Å². The van der Waals surface area contributed by atoms with Gasteiger partial charge in [0.15, 0.2) is 0 Å². The molecule has 2 fully saturated rings. The highest BCUT2D eigenvalue weighted by Gasteiger charge is 2.38. The molecule has 0 radical (unpaired) electrons. The van der Waals surface area contributed by atoms with E-state index in [1.54, 1.807) is 19.1 Å². The molecule has 14 heteroatoms. The number of benzene rings is 1. The molecular formula is C26H33F3N4O6S. The van der Waals surface area contributed by atoms with Crippen molar-refractivity contribution in [3.05, 3.63) is 47.2 Å². The molecule has 40 heavy (non-hydrogen) atoms. The normalized spacial score (nSPS) is 17.1. The van der Waals surface area contributed by atoms with Crippen LogP contribution in [0.2, 0.25) is 0 Å². The SMILES string of the molecule is Cc1ccc(C)c(S(=O)(=O)Nc2cnc(N3CCC(N4CCCCC4)CC3)c(C(=O)O)c2)c1.O=C(O)C(F)(F)F. The van der Waals surface area contributed by atoms with Gasteiger partial charge in [-0.25, -0.2) is 23.0 Å².